The first-order valence-electron chi connectivity index (χ1n) is 9.09. The Morgan fingerprint density at radius 3 is 2.44 bits per heavy atom. The quantitative estimate of drug-likeness (QED) is 0.859. The normalized spacial score (nSPS) is 20.2. The van der Waals surface area contributed by atoms with E-state index < -0.39 is 0 Å². The third-order valence-electron chi connectivity index (χ3n) is 5.17. The molecule has 2 heterocycles. The van der Waals surface area contributed by atoms with Gasteiger partial charge in [-0.25, -0.2) is 0 Å². The number of hydrogen-bond acceptors (Lipinski definition) is 3. The molecule has 4 rings (SSSR count). The fraction of sp³-hybridized carbons (Fsp3) is 0.381. The van der Waals surface area contributed by atoms with Crippen LogP contribution in [0.25, 0.3) is 0 Å². The number of rotatable bonds is 4. The number of para-hydroxylation sites is 1. The van der Waals surface area contributed by atoms with Gasteiger partial charge in [0.15, 0.2) is 6.10 Å². The minimum Gasteiger partial charge on any atom is -0.480 e. The molecule has 1 unspecified atom stereocenters. The van der Waals surface area contributed by atoms with E-state index in [1.807, 2.05) is 29.2 Å². The van der Waals surface area contributed by atoms with Crippen LogP contribution in [0.5, 0.6) is 5.75 Å². The van der Waals surface area contributed by atoms with Crippen molar-refractivity contribution in [1.29, 1.82) is 0 Å². The Hall–Kier alpha value is -2.33. The van der Waals surface area contributed by atoms with E-state index in [1.54, 1.807) is 0 Å². The Morgan fingerprint density at radius 2 is 1.68 bits per heavy atom. The van der Waals surface area contributed by atoms with E-state index in [9.17, 15) is 4.79 Å². The number of benzene rings is 2. The summed E-state index contributed by atoms with van der Waals surface area (Å²) >= 11 is 0. The third kappa shape index (κ3) is 3.69. The van der Waals surface area contributed by atoms with Crippen LogP contribution >= 0.6 is 0 Å². The average molecular weight is 336 g/mol. The number of amides is 1. The maximum Gasteiger partial charge on any atom is 0.264 e. The second kappa shape index (κ2) is 7.28. The maximum absolute atomic E-state index is 12.7. The largest absolute Gasteiger partial charge is 0.480 e. The summed E-state index contributed by atoms with van der Waals surface area (Å²) in [4.78, 5) is 17.2. The molecule has 1 saturated heterocycles. The molecule has 1 amide bonds. The molecule has 2 aromatic rings. The molecular weight excluding hydrogens is 312 g/mol. The second-order valence-electron chi connectivity index (χ2n) is 6.82. The molecule has 0 spiro atoms. The Balaban J connectivity index is 1.25. The smallest absolute Gasteiger partial charge is 0.264 e. The van der Waals surface area contributed by atoms with Crippen LogP contribution in [-0.4, -0.2) is 54.5 Å². The van der Waals surface area contributed by atoms with Crippen molar-refractivity contribution in [1.82, 2.24) is 9.80 Å². The summed E-state index contributed by atoms with van der Waals surface area (Å²) in [6.07, 6.45) is 1.42. The number of hydrogen-bond donors (Lipinski definition) is 0. The molecule has 2 aromatic carbocycles. The number of carbonyl (C=O) groups is 1. The van der Waals surface area contributed by atoms with Gasteiger partial charge in [-0.3, -0.25) is 9.69 Å². The molecule has 2 aliphatic rings. The summed E-state index contributed by atoms with van der Waals surface area (Å²) in [5.41, 5.74) is 2.51. The highest BCUT2D eigenvalue weighted by Crippen LogP contribution is 2.29. The van der Waals surface area contributed by atoms with E-state index in [0.29, 0.717) is 6.42 Å². The van der Waals surface area contributed by atoms with Crippen molar-refractivity contribution < 1.29 is 9.53 Å². The predicted molar refractivity (Wildman–Crippen MR) is 97.7 cm³/mol. The molecule has 0 bridgehead atoms. The number of piperazine rings is 1. The summed E-state index contributed by atoms with van der Waals surface area (Å²) in [5, 5.41) is 0. The first-order chi connectivity index (χ1) is 12.3. The fourth-order valence-electron chi connectivity index (χ4n) is 3.65. The molecule has 130 valence electrons. The van der Waals surface area contributed by atoms with Crippen LogP contribution in [0.2, 0.25) is 0 Å². The van der Waals surface area contributed by atoms with Crippen LogP contribution in [0.3, 0.4) is 0 Å². The minimum absolute atomic E-state index is 0.138. The topological polar surface area (TPSA) is 32.8 Å². The highest BCUT2D eigenvalue weighted by molar-refractivity contribution is 5.82. The molecule has 0 saturated carbocycles. The number of carbonyl (C=O) groups excluding carboxylic acids is 1. The van der Waals surface area contributed by atoms with E-state index >= 15 is 0 Å². The van der Waals surface area contributed by atoms with Crippen molar-refractivity contribution >= 4 is 5.91 Å². The van der Waals surface area contributed by atoms with Crippen molar-refractivity contribution in [2.45, 2.75) is 18.9 Å². The van der Waals surface area contributed by atoms with E-state index in [0.717, 1.165) is 50.5 Å². The van der Waals surface area contributed by atoms with Crippen molar-refractivity contribution in [3.05, 3.63) is 65.7 Å². The van der Waals surface area contributed by atoms with Crippen molar-refractivity contribution in [2.75, 3.05) is 32.7 Å². The first-order valence-corrected chi connectivity index (χ1v) is 9.09. The van der Waals surface area contributed by atoms with E-state index in [4.69, 9.17) is 4.74 Å². The molecule has 0 radical (unpaired) electrons. The van der Waals surface area contributed by atoms with Gasteiger partial charge in [0.1, 0.15) is 5.75 Å². The molecule has 0 N–H and O–H groups in total. The lowest BCUT2D eigenvalue weighted by atomic mass is 10.1. The monoisotopic (exact) mass is 336 g/mol. The zero-order valence-corrected chi connectivity index (χ0v) is 14.4. The Bertz CT molecular complexity index is 699. The van der Waals surface area contributed by atoms with Crippen LogP contribution in [0, 0.1) is 0 Å². The van der Waals surface area contributed by atoms with Gasteiger partial charge in [-0.2, -0.15) is 0 Å². The maximum atomic E-state index is 12.7. The summed E-state index contributed by atoms with van der Waals surface area (Å²) in [5.74, 6) is 1.00. The zero-order valence-electron chi connectivity index (χ0n) is 14.4. The van der Waals surface area contributed by atoms with Gasteiger partial charge < -0.3 is 9.64 Å². The van der Waals surface area contributed by atoms with Crippen LogP contribution in [0.15, 0.2) is 54.6 Å². The SMILES string of the molecule is O=C(C1Cc2ccccc2O1)N1CCN(CCc2ccccc2)CC1. The van der Waals surface area contributed by atoms with Gasteiger partial charge >= 0.3 is 0 Å². The third-order valence-corrected chi connectivity index (χ3v) is 5.17. The van der Waals surface area contributed by atoms with Crippen molar-refractivity contribution in [3.63, 3.8) is 0 Å². The fourth-order valence-corrected chi connectivity index (χ4v) is 3.65. The Morgan fingerprint density at radius 1 is 0.960 bits per heavy atom. The number of fused-ring (bicyclic) bond motifs is 1. The van der Waals surface area contributed by atoms with E-state index in [1.165, 1.54) is 5.56 Å². The van der Waals surface area contributed by atoms with Crippen molar-refractivity contribution in [2.24, 2.45) is 0 Å². The lowest BCUT2D eigenvalue weighted by molar-refractivity contribution is -0.139. The molecule has 0 aromatic heterocycles. The van der Waals surface area contributed by atoms with E-state index in [2.05, 4.69) is 35.2 Å². The van der Waals surface area contributed by atoms with Crippen LogP contribution < -0.4 is 4.74 Å². The predicted octanol–water partition coefficient (Wildman–Crippen LogP) is 2.38. The van der Waals surface area contributed by atoms with Gasteiger partial charge in [-0.05, 0) is 23.6 Å². The Labute approximate surface area is 149 Å². The van der Waals surface area contributed by atoms with Gasteiger partial charge in [0, 0.05) is 39.1 Å². The van der Waals surface area contributed by atoms with Gasteiger partial charge in [-0.1, -0.05) is 48.5 Å². The van der Waals surface area contributed by atoms with Crippen LogP contribution in [-0.2, 0) is 17.6 Å². The molecular formula is C21H24N2O2. The first kappa shape index (κ1) is 16.2. The standard InChI is InChI=1S/C21H24N2O2/c24-21(20-16-18-8-4-5-9-19(18)25-20)23-14-12-22(13-15-23)11-10-17-6-2-1-3-7-17/h1-9,20H,10-16H2. The summed E-state index contributed by atoms with van der Waals surface area (Å²) in [7, 11) is 0. The van der Waals surface area contributed by atoms with Crippen molar-refractivity contribution in [3.8, 4) is 5.75 Å². The highest BCUT2D eigenvalue weighted by atomic mass is 16.5. The van der Waals surface area contributed by atoms with Gasteiger partial charge in [0.2, 0.25) is 0 Å². The zero-order chi connectivity index (χ0) is 17.1. The summed E-state index contributed by atoms with van der Waals surface area (Å²) in [6, 6.07) is 18.5. The molecule has 2 aliphatic heterocycles. The van der Waals surface area contributed by atoms with Crippen LogP contribution in [0.1, 0.15) is 11.1 Å². The molecule has 4 heteroatoms. The number of nitrogens with zero attached hydrogens (tertiary/aromatic N) is 2. The minimum atomic E-state index is -0.340. The lowest BCUT2D eigenvalue weighted by Gasteiger charge is -2.35. The molecule has 4 nitrogen and oxygen atoms in total. The molecule has 1 atom stereocenters. The van der Waals surface area contributed by atoms with Gasteiger partial charge in [0.25, 0.3) is 5.91 Å². The van der Waals surface area contributed by atoms with E-state index in [-0.39, 0.29) is 12.0 Å². The Kier molecular flexibility index (Phi) is 4.70. The molecule has 25 heavy (non-hydrogen) atoms. The second-order valence-corrected chi connectivity index (χ2v) is 6.82. The molecule has 0 aliphatic carbocycles. The number of ether oxygens (including phenoxy) is 1. The summed E-state index contributed by atoms with van der Waals surface area (Å²) in [6.45, 7) is 4.53. The molecule has 1 fully saturated rings. The van der Waals surface area contributed by atoms with Gasteiger partial charge in [0.05, 0.1) is 0 Å². The average Bonchev–Trinajstić information content (AvgIpc) is 3.11. The summed E-state index contributed by atoms with van der Waals surface area (Å²) < 4.78 is 5.85. The highest BCUT2D eigenvalue weighted by Gasteiger charge is 2.33. The lowest BCUT2D eigenvalue weighted by Crippen LogP contribution is -2.52. The van der Waals surface area contributed by atoms with Crippen LogP contribution in [0.4, 0.5) is 0 Å². The van der Waals surface area contributed by atoms with Gasteiger partial charge in [-0.15, -0.1) is 0 Å².